The first-order valence-corrected chi connectivity index (χ1v) is 13.9. The monoisotopic (exact) mass is 490 g/mol. The molecule has 0 radical (unpaired) electrons. The highest BCUT2D eigenvalue weighted by Crippen LogP contribution is 2.37. The summed E-state index contributed by atoms with van der Waals surface area (Å²) in [6.45, 7) is 4.74. The number of ether oxygens (including phenoxy) is 3. The van der Waals surface area contributed by atoms with Crippen molar-refractivity contribution in [1.82, 2.24) is 10.2 Å². The molecule has 1 amide bonds. The molecule has 2 aromatic rings. The number of hydrogen-bond acceptors (Lipinski definition) is 5. The van der Waals surface area contributed by atoms with E-state index in [4.69, 9.17) is 14.2 Å². The Balaban J connectivity index is 0.894. The molecule has 2 aromatic carbocycles. The minimum absolute atomic E-state index is 0.107. The number of piperidine rings is 1. The second-order valence-corrected chi connectivity index (χ2v) is 11.0. The van der Waals surface area contributed by atoms with Crippen LogP contribution in [0.4, 0.5) is 0 Å². The highest BCUT2D eigenvalue weighted by molar-refractivity contribution is 5.79. The number of fused-ring (bicyclic) bond motifs is 2. The van der Waals surface area contributed by atoms with E-state index in [2.05, 4.69) is 28.4 Å². The zero-order valence-corrected chi connectivity index (χ0v) is 21.2. The van der Waals surface area contributed by atoms with Crippen molar-refractivity contribution in [3.05, 3.63) is 53.1 Å². The summed E-state index contributed by atoms with van der Waals surface area (Å²) in [4.78, 5) is 15.3. The smallest absolute Gasteiger partial charge is 0.231 e. The van der Waals surface area contributed by atoms with Gasteiger partial charge in [-0.05, 0) is 106 Å². The first kappa shape index (κ1) is 23.7. The lowest BCUT2D eigenvalue weighted by molar-refractivity contribution is -0.121. The zero-order chi connectivity index (χ0) is 24.3. The van der Waals surface area contributed by atoms with Gasteiger partial charge in [-0.15, -0.1) is 0 Å². The van der Waals surface area contributed by atoms with Crippen LogP contribution < -0.4 is 19.5 Å². The molecule has 0 bridgehead atoms. The Labute approximate surface area is 214 Å². The molecule has 3 heterocycles. The fourth-order valence-corrected chi connectivity index (χ4v) is 6.57. The minimum Gasteiger partial charge on any atom is -0.493 e. The van der Waals surface area contributed by atoms with Gasteiger partial charge in [0.15, 0.2) is 11.5 Å². The molecule has 3 aliphatic heterocycles. The first-order chi connectivity index (χ1) is 17.7. The van der Waals surface area contributed by atoms with Crippen LogP contribution in [0.2, 0.25) is 0 Å². The van der Waals surface area contributed by atoms with Crippen molar-refractivity contribution in [1.29, 1.82) is 0 Å². The summed E-state index contributed by atoms with van der Waals surface area (Å²) in [6, 6.07) is 12.7. The third-order valence-electron chi connectivity index (χ3n) is 8.67. The summed E-state index contributed by atoms with van der Waals surface area (Å²) >= 11 is 0. The number of benzene rings is 2. The maximum atomic E-state index is 12.6. The lowest BCUT2D eigenvalue weighted by atomic mass is 9.83. The van der Waals surface area contributed by atoms with Crippen molar-refractivity contribution in [2.75, 3.05) is 33.0 Å². The lowest BCUT2D eigenvalue weighted by Gasteiger charge is -2.35. The fraction of sp³-hybridized carbons (Fsp3) is 0.567. The van der Waals surface area contributed by atoms with Crippen LogP contribution in [0.15, 0.2) is 36.4 Å². The summed E-state index contributed by atoms with van der Waals surface area (Å²) in [5.74, 6) is 4.21. The van der Waals surface area contributed by atoms with Crippen LogP contribution in [0, 0.1) is 5.92 Å². The van der Waals surface area contributed by atoms with Crippen LogP contribution in [0.25, 0.3) is 0 Å². The molecule has 6 nitrogen and oxygen atoms in total. The van der Waals surface area contributed by atoms with Gasteiger partial charge in [-0.3, -0.25) is 4.79 Å². The SMILES string of the molecule is O=C(Cc1ccc2c(c1)OCO2)N[C@H]1CC[C@H](CCN2CCC(c3cccc4c3CCO4)CC2)CC1. The molecule has 0 spiro atoms. The van der Waals surface area contributed by atoms with E-state index in [-0.39, 0.29) is 12.7 Å². The van der Waals surface area contributed by atoms with Crippen LogP contribution in [-0.2, 0) is 17.6 Å². The summed E-state index contributed by atoms with van der Waals surface area (Å²) < 4.78 is 16.6. The largest absolute Gasteiger partial charge is 0.493 e. The Bertz CT molecular complexity index is 1070. The zero-order valence-electron chi connectivity index (χ0n) is 21.2. The van der Waals surface area contributed by atoms with Crippen molar-refractivity contribution in [3.63, 3.8) is 0 Å². The predicted molar refractivity (Wildman–Crippen MR) is 139 cm³/mol. The third kappa shape index (κ3) is 5.34. The first-order valence-electron chi connectivity index (χ1n) is 13.9. The lowest BCUT2D eigenvalue weighted by Crippen LogP contribution is -2.39. The summed E-state index contributed by atoms with van der Waals surface area (Å²) in [7, 11) is 0. The Morgan fingerprint density at radius 2 is 1.75 bits per heavy atom. The van der Waals surface area contributed by atoms with E-state index in [0.717, 1.165) is 54.6 Å². The number of nitrogens with zero attached hydrogens (tertiary/aromatic N) is 1. The molecule has 1 saturated carbocycles. The molecular formula is C30H38N2O4. The van der Waals surface area contributed by atoms with Gasteiger partial charge in [-0.2, -0.15) is 0 Å². The van der Waals surface area contributed by atoms with Gasteiger partial charge in [-0.25, -0.2) is 0 Å². The summed E-state index contributed by atoms with van der Waals surface area (Å²) in [6.07, 6.45) is 9.93. The second-order valence-electron chi connectivity index (χ2n) is 11.0. The predicted octanol–water partition coefficient (Wildman–Crippen LogP) is 4.84. The molecule has 1 saturated heterocycles. The van der Waals surface area contributed by atoms with E-state index in [1.807, 2.05) is 18.2 Å². The molecule has 6 heteroatoms. The maximum absolute atomic E-state index is 12.6. The molecule has 1 N–H and O–H groups in total. The van der Waals surface area contributed by atoms with Crippen molar-refractivity contribution < 1.29 is 19.0 Å². The molecule has 0 atom stereocenters. The maximum Gasteiger partial charge on any atom is 0.231 e. The molecule has 0 unspecified atom stereocenters. The Morgan fingerprint density at radius 1 is 0.917 bits per heavy atom. The van der Waals surface area contributed by atoms with Gasteiger partial charge in [0.25, 0.3) is 0 Å². The van der Waals surface area contributed by atoms with E-state index >= 15 is 0 Å². The van der Waals surface area contributed by atoms with Crippen LogP contribution in [0.5, 0.6) is 17.2 Å². The van der Waals surface area contributed by atoms with E-state index in [1.54, 1.807) is 5.56 Å². The fourth-order valence-electron chi connectivity index (χ4n) is 6.57. The number of carbonyl (C=O) groups is 1. The molecule has 2 fully saturated rings. The van der Waals surface area contributed by atoms with Crippen LogP contribution in [0.3, 0.4) is 0 Å². The quantitative estimate of drug-likeness (QED) is 0.602. The normalized spacial score (nSPS) is 23.8. The molecule has 0 aromatic heterocycles. The number of nitrogens with one attached hydrogen (secondary N) is 1. The van der Waals surface area contributed by atoms with Gasteiger partial charge < -0.3 is 24.4 Å². The average molecular weight is 491 g/mol. The summed E-state index contributed by atoms with van der Waals surface area (Å²) in [5.41, 5.74) is 3.98. The van der Waals surface area contributed by atoms with E-state index < -0.39 is 0 Å². The van der Waals surface area contributed by atoms with Gasteiger partial charge >= 0.3 is 0 Å². The van der Waals surface area contributed by atoms with Gasteiger partial charge in [0.2, 0.25) is 12.7 Å². The van der Waals surface area contributed by atoms with Crippen LogP contribution >= 0.6 is 0 Å². The molecule has 36 heavy (non-hydrogen) atoms. The van der Waals surface area contributed by atoms with Gasteiger partial charge in [-0.1, -0.05) is 18.2 Å². The molecular weight excluding hydrogens is 452 g/mol. The van der Waals surface area contributed by atoms with Crippen LogP contribution in [-0.4, -0.2) is 49.9 Å². The highest BCUT2D eigenvalue weighted by Gasteiger charge is 2.27. The number of amides is 1. The molecule has 4 aliphatic rings. The highest BCUT2D eigenvalue weighted by atomic mass is 16.7. The average Bonchev–Trinajstić information content (AvgIpc) is 3.58. The van der Waals surface area contributed by atoms with E-state index in [9.17, 15) is 4.79 Å². The standard InChI is InChI=1S/C30H38N2O4/c33-30(19-22-6-9-28-29(18-22)36-20-35-28)31-24-7-4-21(5-8-24)10-14-32-15-11-23(12-16-32)25-2-1-3-27-26(25)13-17-34-27/h1-3,6,9,18,21,23-24H,4-5,7-8,10-17,19-20H2,(H,31,33)/t21-,24-. The molecule has 1 aliphatic carbocycles. The van der Waals surface area contributed by atoms with Crippen molar-refractivity contribution in [2.24, 2.45) is 5.92 Å². The Kier molecular flexibility index (Phi) is 7.04. The Hall–Kier alpha value is -2.73. The van der Waals surface area contributed by atoms with E-state index in [0.29, 0.717) is 18.4 Å². The number of carbonyl (C=O) groups excluding carboxylic acids is 1. The number of hydrogen-bond donors (Lipinski definition) is 1. The van der Waals surface area contributed by atoms with Crippen molar-refractivity contribution >= 4 is 5.91 Å². The van der Waals surface area contributed by atoms with Crippen molar-refractivity contribution in [2.45, 2.75) is 69.7 Å². The van der Waals surface area contributed by atoms with Crippen molar-refractivity contribution in [3.8, 4) is 17.2 Å². The molecule has 192 valence electrons. The number of rotatable bonds is 7. The van der Waals surface area contributed by atoms with Gasteiger partial charge in [0.1, 0.15) is 5.75 Å². The topological polar surface area (TPSA) is 60.0 Å². The minimum atomic E-state index is 0.107. The van der Waals surface area contributed by atoms with E-state index in [1.165, 1.54) is 57.3 Å². The Morgan fingerprint density at radius 3 is 2.61 bits per heavy atom. The van der Waals surface area contributed by atoms with Gasteiger partial charge in [0, 0.05) is 18.0 Å². The van der Waals surface area contributed by atoms with Crippen LogP contribution in [0.1, 0.15) is 67.6 Å². The second kappa shape index (κ2) is 10.7. The number of likely N-dealkylation sites (tertiary alicyclic amines) is 1. The third-order valence-corrected chi connectivity index (χ3v) is 8.67. The summed E-state index contributed by atoms with van der Waals surface area (Å²) in [5, 5.41) is 3.27. The van der Waals surface area contributed by atoms with Gasteiger partial charge in [0.05, 0.1) is 13.0 Å². The molecule has 6 rings (SSSR count).